The SMILES string of the molecule is CCOC(=O)C1CCCN(S(=O)(=O)NOCCOC)C1. The Labute approximate surface area is 119 Å². The Hall–Kier alpha value is -0.740. The van der Waals surface area contributed by atoms with Gasteiger partial charge in [0, 0.05) is 20.2 Å². The maximum Gasteiger partial charge on any atom is 0.310 e. The molecule has 1 heterocycles. The third-order valence-electron chi connectivity index (χ3n) is 2.90. The molecule has 1 unspecified atom stereocenters. The van der Waals surface area contributed by atoms with Crippen molar-refractivity contribution in [1.82, 2.24) is 9.19 Å². The lowest BCUT2D eigenvalue weighted by molar-refractivity contribution is -0.149. The highest BCUT2D eigenvalue weighted by Crippen LogP contribution is 2.19. The molecule has 0 spiro atoms. The first kappa shape index (κ1) is 17.3. The highest BCUT2D eigenvalue weighted by Gasteiger charge is 2.33. The van der Waals surface area contributed by atoms with Gasteiger partial charge in [0.05, 0.1) is 25.7 Å². The Morgan fingerprint density at radius 1 is 1.40 bits per heavy atom. The van der Waals surface area contributed by atoms with E-state index < -0.39 is 16.1 Å². The molecule has 1 N–H and O–H groups in total. The smallest absolute Gasteiger partial charge is 0.310 e. The number of carbonyl (C=O) groups is 1. The second kappa shape index (κ2) is 8.53. The first-order valence-corrected chi connectivity index (χ1v) is 7.99. The average Bonchev–Trinajstić information content (AvgIpc) is 2.44. The summed E-state index contributed by atoms with van der Waals surface area (Å²) in [6.45, 7) is 2.89. The van der Waals surface area contributed by atoms with Crippen molar-refractivity contribution >= 4 is 16.2 Å². The average molecular weight is 310 g/mol. The molecule has 1 rings (SSSR count). The van der Waals surface area contributed by atoms with Crippen LogP contribution >= 0.6 is 0 Å². The van der Waals surface area contributed by atoms with Gasteiger partial charge in [-0.3, -0.25) is 9.63 Å². The molecule has 0 bridgehead atoms. The van der Waals surface area contributed by atoms with Gasteiger partial charge in [-0.25, -0.2) is 0 Å². The fourth-order valence-corrected chi connectivity index (χ4v) is 2.99. The van der Waals surface area contributed by atoms with Gasteiger partial charge in [-0.15, -0.1) is 0 Å². The molecule has 1 fully saturated rings. The van der Waals surface area contributed by atoms with E-state index in [2.05, 4.69) is 0 Å². The summed E-state index contributed by atoms with van der Waals surface area (Å²) in [7, 11) is -2.25. The van der Waals surface area contributed by atoms with E-state index in [4.69, 9.17) is 14.3 Å². The Morgan fingerprint density at radius 3 is 2.80 bits per heavy atom. The van der Waals surface area contributed by atoms with Gasteiger partial charge >= 0.3 is 16.2 Å². The summed E-state index contributed by atoms with van der Waals surface area (Å²) in [4.78, 5) is 18.5. The lowest BCUT2D eigenvalue weighted by Crippen LogP contribution is -2.47. The normalized spacial score (nSPS) is 20.8. The van der Waals surface area contributed by atoms with Crippen LogP contribution in [0.1, 0.15) is 19.8 Å². The monoisotopic (exact) mass is 310 g/mol. The third kappa shape index (κ3) is 5.33. The summed E-state index contributed by atoms with van der Waals surface area (Å²) in [6.07, 6.45) is 1.25. The van der Waals surface area contributed by atoms with Crippen molar-refractivity contribution in [3.8, 4) is 0 Å². The molecule has 20 heavy (non-hydrogen) atoms. The van der Waals surface area contributed by atoms with Crippen LogP contribution in [-0.4, -0.2) is 58.7 Å². The van der Waals surface area contributed by atoms with Crippen LogP contribution in [-0.2, 0) is 29.3 Å². The zero-order valence-corrected chi connectivity index (χ0v) is 12.6. The predicted octanol–water partition coefficient (Wildman–Crippen LogP) is -0.326. The summed E-state index contributed by atoms with van der Waals surface area (Å²) in [5, 5.41) is 0. The summed E-state index contributed by atoms with van der Waals surface area (Å²) >= 11 is 0. The zero-order chi connectivity index (χ0) is 15.0. The first-order valence-electron chi connectivity index (χ1n) is 6.55. The van der Waals surface area contributed by atoms with Crippen molar-refractivity contribution in [3.05, 3.63) is 0 Å². The standard InChI is InChI=1S/C11H22N2O6S/c1-3-18-11(14)10-5-4-6-13(9-10)20(15,16)12-19-8-7-17-2/h10,12H,3-9H2,1-2H3. The fraction of sp³-hybridized carbons (Fsp3) is 0.909. The second-order valence-corrected chi connectivity index (χ2v) is 6.01. The maximum atomic E-state index is 12.0. The summed E-state index contributed by atoms with van der Waals surface area (Å²) in [5.74, 6) is -0.771. The van der Waals surface area contributed by atoms with E-state index >= 15 is 0 Å². The molecule has 0 aromatic heterocycles. The van der Waals surface area contributed by atoms with Crippen molar-refractivity contribution in [2.45, 2.75) is 19.8 Å². The van der Waals surface area contributed by atoms with Crippen LogP contribution in [0, 0.1) is 5.92 Å². The summed E-state index contributed by atoms with van der Waals surface area (Å²) in [5.41, 5.74) is 0. The number of methoxy groups -OCH3 is 1. The largest absolute Gasteiger partial charge is 0.466 e. The van der Waals surface area contributed by atoms with Gasteiger partial charge in [0.25, 0.3) is 0 Å². The van der Waals surface area contributed by atoms with Crippen LogP contribution in [0.3, 0.4) is 0 Å². The van der Waals surface area contributed by atoms with Crippen LogP contribution in [0.15, 0.2) is 0 Å². The van der Waals surface area contributed by atoms with Gasteiger partial charge in [-0.1, -0.05) is 4.89 Å². The molecule has 1 atom stereocenters. The number of hydrogen-bond acceptors (Lipinski definition) is 6. The minimum atomic E-state index is -3.75. The Kier molecular flexibility index (Phi) is 7.38. The van der Waals surface area contributed by atoms with Crippen molar-refractivity contribution in [2.75, 3.05) is 40.0 Å². The van der Waals surface area contributed by atoms with Crippen molar-refractivity contribution in [1.29, 1.82) is 0 Å². The molecule has 0 aromatic rings. The number of hydrogen-bond donors (Lipinski definition) is 1. The highest BCUT2D eigenvalue weighted by molar-refractivity contribution is 7.87. The minimum Gasteiger partial charge on any atom is -0.466 e. The van der Waals surface area contributed by atoms with Gasteiger partial charge in [0.1, 0.15) is 0 Å². The fourth-order valence-electron chi connectivity index (χ4n) is 1.91. The summed E-state index contributed by atoms with van der Waals surface area (Å²) < 4.78 is 34.8. The highest BCUT2D eigenvalue weighted by atomic mass is 32.2. The Bertz CT molecular complexity index is 400. The van der Waals surface area contributed by atoms with Gasteiger partial charge in [-0.05, 0) is 19.8 Å². The van der Waals surface area contributed by atoms with E-state index in [1.807, 2.05) is 4.89 Å². The molecule has 1 aliphatic rings. The molecule has 9 heteroatoms. The van der Waals surface area contributed by atoms with Crippen LogP contribution in [0.5, 0.6) is 0 Å². The number of carbonyl (C=O) groups excluding carboxylic acids is 1. The molecular weight excluding hydrogens is 288 g/mol. The van der Waals surface area contributed by atoms with Crippen molar-refractivity contribution in [2.24, 2.45) is 5.92 Å². The van der Waals surface area contributed by atoms with Crippen LogP contribution in [0.4, 0.5) is 0 Å². The molecule has 0 saturated carbocycles. The third-order valence-corrected chi connectivity index (χ3v) is 4.24. The van der Waals surface area contributed by atoms with E-state index in [0.717, 1.165) is 0 Å². The predicted molar refractivity (Wildman–Crippen MR) is 70.8 cm³/mol. The number of ether oxygens (including phenoxy) is 2. The van der Waals surface area contributed by atoms with Gasteiger partial charge in [-0.2, -0.15) is 12.7 Å². The van der Waals surface area contributed by atoms with E-state index in [0.29, 0.717) is 26.0 Å². The van der Waals surface area contributed by atoms with Gasteiger partial charge in [0.15, 0.2) is 0 Å². The van der Waals surface area contributed by atoms with Crippen molar-refractivity contribution < 1.29 is 27.5 Å². The van der Waals surface area contributed by atoms with Crippen molar-refractivity contribution in [3.63, 3.8) is 0 Å². The first-order chi connectivity index (χ1) is 9.51. The van der Waals surface area contributed by atoms with Crippen LogP contribution in [0.25, 0.3) is 0 Å². The number of piperidine rings is 1. The molecule has 8 nitrogen and oxygen atoms in total. The van der Waals surface area contributed by atoms with E-state index in [1.54, 1.807) is 6.92 Å². The molecule has 118 valence electrons. The molecule has 0 aliphatic carbocycles. The lowest BCUT2D eigenvalue weighted by atomic mass is 10.0. The van der Waals surface area contributed by atoms with E-state index in [9.17, 15) is 13.2 Å². The minimum absolute atomic E-state index is 0.113. The van der Waals surface area contributed by atoms with Crippen LogP contribution in [0.2, 0.25) is 0 Å². The molecular formula is C11H22N2O6S. The van der Waals surface area contributed by atoms with Gasteiger partial charge in [0.2, 0.25) is 0 Å². The summed E-state index contributed by atoms with van der Waals surface area (Å²) in [6, 6.07) is 0. The number of esters is 1. The van der Waals surface area contributed by atoms with E-state index in [1.165, 1.54) is 11.4 Å². The topological polar surface area (TPSA) is 94.2 Å². The van der Waals surface area contributed by atoms with Crippen LogP contribution < -0.4 is 4.89 Å². The molecule has 1 aliphatic heterocycles. The molecule has 0 aromatic carbocycles. The quantitative estimate of drug-likeness (QED) is 0.375. The molecule has 0 radical (unpaired) electrons. The Balaban J connectivity index is 2.50. The van der Waals surface area contributed by atoms with E-state index in [-0.39, 0.29) is 25.7 Å². The van der Waals surface area contributed by atoms with Gasteiger partial charge < -0.3 is 9.47 Å². The Morgan fingerprint density at radius 2 is 2.15 bits per heavy atom. The number of nitrogens with one attached hydrogen (secondary N) is 1. The molecule has 1 saturated heterocycles. The second-order valence-electron chi connectivity index (χ2n) is 4.38. The maximum absolute atomic E-state index is 12.0. The zero-order valence-electron chi connectivity index (χ0n) is 11.8. The molecule has 0 amide bonds. The number of rotatable bonds is 8. The lowest BCUT2D eigenvalue weighted by Gasteiger charge is -2.30. The number of nitrogens with zero attached hydrogens (tertiary/aromatic N) is 1.